The highest BCUT2D eigenvalue weighted by molar-refractivity contribution is 6.11. The van der Waals surface area contributed by atoms with E-state index in [-0.39, 0.29) is 12.0 Å². The van der Waals surface area contributed by atoms with Crippen LogP contribution < -0.4 is 10.2 Å². The van der Waals surface area contributed by atoms with Gasteiger partial charge < -0.3 is 20.2 Å². The van der Waals surface area contributed by atoms with E-state index in [9.17, 15) is 9.90 Å². The second kappa shape index (κ2) is 11.1. The van der Waals surface area contributed by atoms with Crippen molar-refractivity contribution in [3.63, 3.8) is 0 Å². The van der Waals surface area contributed by atoms with E-state index in [1.54, 1.807) is 6.20 Å². The maximum absolute atomic E-state index is 13.2. The molecule has 0 radical (unpaired) electrons. The predicted octanol–water partition coefficient (Wildman–Crippen LogP) is 2.98. The third-order valence-corrected chi connectivity index (χ3v) is 7.70. The van der Waals surface area contributed by atoms with Gasteiger partial charge in [0, 0.05) is 69.2 Å². The maximum atomic E-state index is 13.2. The number of piperidine rings is 1. The van der Waals surface area contributed by atoms with Gasteiger partial charge >= 0.3 is 0 Å². The molecule has 10 heteroatoms. The van der Waals surface area contributed by atoms with Crippen LogP contribution in [0.5, 0.6) is 0 Å². The number of carbonyl (C=O) groups is 1. The Bertz CT molecular complexity index is 1440. The predicted molar refractivity (Wildman–Crippen MR) is 152 cm³/mol. The van der Waals surface area contributed by atoms with Crippen molar-refractivity contribution in [2.45, 2.75) is 25.5 Å². The molecule has 0 bridgehead atoms. The number of aliphatic hydroxyl groups excluding tert-OH is 1. The van der Waals surface area contributed by atoms with E-state index >= 15 is 0 Å². The zero-order chi connectivity index (χ0) is 26.8. The summed E-state index contributed by atoms with van der Waals surface area (Å²) in [6.07, 6.45) is 6.88. The molecule has 3 N–H and O–H groups in total. The van der Waals surface area contributed by atoms with Gasteiger partial charge in [-0.3, -0.25) is 19.8 Å². The number of aromatic amines is 1. The quantitative estimate of drug-likeness (QED) is 0.352. The first-order valence-electron chi connectivity index (χ1n) is 13.6. The first-order valence-corrected chi connectivity index (χ1v) is 13.6. The summed E-state index contributed by atoms with van der Waals surface area (Å²) in [6.45, 7) is 6.49. The molecule has 4 aromatic rings. The molecule has 2 fully saturated rings. The Balaban J connectivity index is 1.16. The standard InChI is InChI=1S/C29H34N8O2/c1-35-10-12-37(13-11-35)27-5-3-23(18-31-27)32-29(39)28-25-15-21(2-4-26(25)33-34-28)22-14-20(16-30-17-22)19-36-8-6-24(38)7-9-36/h2-5,14-18,24,38H,6-13,19H2,1H3,(H,32,39)(H,33,34). The molecule has 2 aliphatic heterocycles. The average Bonchev–Trinajstić information content (AvgIpc) is 3.39. The molecule has 1 amide bonds. The van der Waals surface area contributed by atoms with Crippen LogP contribution in [0.15, 0.2) is 55.0 Å². The number of piperazine rings is 1. The van der Waals surface area contributed by atoms with Gasteiger partial charge in [-0.2, -0.15) is 5.10 Å². The van der Waals surface area contributed by atoms with E-state index < -0.39 is 0 Å². The van der Waals surface area contributed by atoms with Gasteiger partial charge in [-0.05, 0) is 61.3 Å². The maximum Gasteiger partial charge on any atom is 0.276 e. The minimum Gasteiger partial charge on any atom is -0.393 e. The van der Waals surface area contributed by atoms with Gasteiger partial charge in [-0.25, -0.2) is 4.98 Å². The minimum atomic E-state index is -0.285. The highest BCUT2D eigenvalue weighted by Gasteiger charge is 2.19. The molecule has 5 heterocycles. The number of fused-ring (bicyclic) bond motifs is 1. The summed E-state index contributed by atoms with van der Waals surface area (Å²) in [4.78, 5) is 29.1. The lowest BCUT2D eigenvalue weighted by molar-refractivity contribution is 0.0792. The summed E-state index contributed by atoms with van der Waals surface area (Å²) >= 11 is 0. The molecule has 3 aromatic heterocycles. The zero-order valence-electron chi connectivity index (χ0n) is 22.2. The van der Waals surface area contributed by atoms with Crippen LogP contribution in [0.3, 0.4) is 0 Å². The Labute approximate surface area is 227 Å². The number of H-pyrrole nitrogens is 1. The SMILES string of the molecule is CN1CCN(c2ccc(NC(=O)c3n[nH]c4ccc(-c5cncc(CN6CCC(O)CC6)c5)cc34)cn2)CC1. The van der Waals surface area contributed by atoms with Gasteiger partial charge in [0.25, 0.3) is 5.91 Å². The fraction of sp³-hybridized carbons (Fsp3) is 0.379. The van der Waals surface area contributed by atoms with Crippen LogP contribution in [-0.4, -0.2) is 93.4 Å². The number of nitrogens with zero attached hydrogens (tertiary/aromatic N) is 6. The van der Waals surface area contributed by atoms with E-state index in [0.29, 0.717) is 11.4 Å². The second-order valence-electron chi connectivity index (χ2n) is 10.6. The number of hydrogen-bond donors (Lipinski definition) is 3. The highest BCUT2D eigenvalue weighted by Crippen LogP contribution is 2.27. The zero-order valence-corrected chi connectivity index (χ0v) is 22.2. The molecule has 0 atom stereocenters. The van der Waals surface area contributed by atoms with E-state index in [1.807, 2.05) is 42.7 Å². The number of hydrogen-bond acceptors (Lipinski definition) is 8. The monoisotopic (exact) mass is 526 g/mol. The molecule has 202 valence electrons. The molecule has 0 unspecified atom stereocenters. The van der Waals surface area contributed by atoms with Crippen molar-refractivity contribution in [2.75, 3.05) is 56.5 Å². The van der Waals surface area contributed by atoms with Crippen molar-refractivity contribution in [3.8, 4) is 11.1 Å². The van der Waals surface area contributed by atoms with Crippen molar-refractivity contribution in [2.24, 2.45) is 0 Å². The third-order valence-electron chi connectivity index (χ3n) is 7.70. The summed E-state index contributed by atoms with van der Waals surface area (Å²) in [5, 5.41) is 20.8. The fourth-order valence-corrected chi connectivity index (χ4v) is 5.31. The number of likely N-dealkylation sites (N-methyl/N-ethyl adjacent to an activating group) is 1. The molecular formula is C29H34N8O2. The number of nitrogens with one attached hydrogen (secondary N) is 2. The van der Waals surface area contributed by atoms with E-state index in [4.69, 9.17) is 0 Å². The van der Waals surface area contributed by atoms with Crippen LogP contribution in [0.1, 0.15) is 28.9 Å². The van der Waals surface area contributed by atoms with Crippen LogP contribution in [0, 0.1) is 0 Å². The lowest BCUT2D eigenvalue weighted by atomic mass is 10.0. The molecule has 2 aliphatic rings. The van der Waals surface area contributed by atoms with Gasteiger partial charge in [0.05, 0.1) is 23.5 Å². The molecule has 0 aliphatic carbocycles. The fourth-order valence-electron chi connectivity index (χ4n) is 5.31. The summed E-state index contributed by atoms with van der Waals surface area (Å²) in [6, 6.07) is 11.9. The number of rotatable bonds is 6. The van der Waals surface area contributed by atoms with Crippen molar-refractivity contribution < 1.29 is 9.90 Å². The summed E-state index contributed by atoms with van der Waals surface area (Å²) < 4.78 is 0. The molecule has 2 saturated heterocycles. The van der Waals surface area contributed by atoms with Crippen molar-refractivity contribution in [3.05, 3.63) is 66.2 Å². The van der Waals surface area contributed by atoms with Gasteiger partial charge in [-0.1, -0.05) is 6.07 Å². The number of carbonyl (C=O) groups excluding carboxylic acids is 1. The van der Waals surface area contributed by atoms with Crippen molar-refractivity contribution >= 4 is 28.3 Å². The van der Waals surface area contributed by atoms with Crippen LogP contribution >= 0.6 is 0 Å². The summed E-state index contributed by atoms with van der Waals surface area (Å²) in [5.74, 6) is 0.636. The Hall–Kier alpha value is -3.86. The number of anilines is 2. The molecule has 1 aromatic carbocycles. The number of likely N-dealkylation sites (tertiary alicyclic amines) is 1. The Morgan fingerprint density at radius 3 is 2.59 bits per heavy atom. The average molecular weight is 527 g/mol. The van der Waals surface area contributed by atoms with Gasteiger partial charge in [0.1, 0.15) is 5.82 Å². The largest absolute Gasteiger partial charge is 0.393 e. The van der Waals surface area contributed by atoms with Gasteiger partial charge in [-0.15, -0.1) is 0 Å². The number of benzene rings is 1. The number of pyridine rings is 2. The molecule has 10 nitrogen and oxygen atoms in total. The molecule has 0 spiro atoms. The van der Waals surface area contributed by atoms with Crippen molar-refractivity contribution in [1.29, 1.82) is 0 Å². The first-order chi connectivity index (χ1) is 19.0. The van der Waals surface area contributed by atoms with Crippen LogP contribution in [-0.2, 0) is 6.54 Å². The lowest BCUT2D eigenvalue weighted by Gasteiger charge is -2.33. The number of aliphatic hydroxyl groups is 1. The topological polar surface area (TPSA) is 114 Å². The van der Waals surface area contributed by atoms with E-state index in [1.165, 1.54) is 0 Å². The van der Waals surface area contributed by atoms with E-state index in [0.717, 1.165) is 92.1 Å². The van der Waals surface area contributed by atoms with Crippen LogP contribution in [0.25, 0.3) is 22.0 Å². The van der Waals surface area contributed by atoms with Crippen LogP contribution in [0.2, 0.25) is 0 Å². The molecule has 6 rings (SSSR count). The summed E-state index contributed by atoms with van der Waals surface area (Å²) in [7, 11) is 2.13. The third kappa shape index (κ3) is 5.78. The van der Waals surface area contributed by atoms with E-state index in [2.05, 4.69) is 53.3 Å². The second-order valence-corrected chi connectivity index (χ2v) is 10.6. The molecule has 39 heavy (non-hydrogen) atoms. The number of aromatic nitrogens is 4. The van der Waals surface area contributed by atoms with Crippen LogP contribution in [0.4, 0.5) is 11.5 Å². The van der Waals surface area contributed by atoms with Crippen molar-refractivity contribution in [1.82, 2.24) is 30.0 Å². The molecular weight excluding hydrogens is 492 g/mol. The number of amides is 1. The Kier molecular flexibility index (Phi) is 7.23. The van der Waals surface area contributed by atoms with Gasteiger partial charge in [0.2, 0.25) is 0 Å². The Morgan fingerprint density at radius 1 is 1.00 bits per heavy atom. The smallest absolute Gasteiger partial charge is 0.276 e. The van der Waals surface area contributed by atoms with Gasteiger partial charge in [0.15, 0.2) is 5.69 Å². The Morgan fingerprint density at radius 2 is 1.82 bits per heavy atom. The normalized spacial score (nSPS) is 17.5. The highest BCUT2D eigenvalue weighted by atomic mass is 16.3. The summed E-state index contributed by atoms with van der Waals surface area (Å²) in [5.41, 5.74) is 4.85. The minimum absolute atomic E-state index is 0.184. The lowest BCUT2D eigenvalue weighted by Crippen LogP contribution is -2.44. The molecule has 0 saturated carbocycles. The first kappa shape index (κ1) is 25.4.